The van der Waals surface area contributed by atoms with Crippen molar-refractivity contribution in [2.45, 2.75) is 30.5 Å². The molecule has 0 amide bonds. The molecule has 2 rings (SSSR count). The summed E-state index contributed by atoms with van der Waals surface area (Å²) < 4.78 is -1.08. The summed E-state index contributed by atoms with van der Waals surface area (Å²) in [6.07, 6.45) is 1.58. The van der Waals surface area contributed by atoms with E-state index in [9.17, 15) is 9.90 Å². The number of aromatic amines is 1. The highest BCUT2D eigenvalue weighted by molar-refractivity contribution is 9.09. The average molecular weight is 354 g/mol. The number of nitrogens with zero attached hydrogens (tertiary/aromatic N) is 4. The fourth-order valence-electron chi connectivity index (χ4n) is 2.77. The van der Waals surface area contributed by atoms with Gasteiger partial charge in [-0.1, -0.05) is 41.1 Å². The summed E-state index contributed by atoms with van der Waals surface area (Å²) >= 11 is 3.53. The van der Waals surface area contributed by atoms with Gasteiger partial charge < -0.3 is 5.11 Å². The van der Waals surface area contributed by atoms with Crippen LogP contribution in [-0.2, 0) is 14.5 Å². The zero-order valence-electron chi connectivity index (χ0n) is 11.9. The van der Waals surface area contributed by atoms with E-state index in [2.05, 4.69) is 41.5 Å². The maximum atomic E-state index is 12.2. The van der Waals surface area contributed by atoms with Crippen molar-refractivity contribution in [3.05, 3.63) is 35.9 Å². The predicted octanol–water partition coefficient (Wildman–Crippen LogP) is 1.88. The van der Waals surface area contributed by atoms with Gasteiger partial charge in [0.15, 0.2) is 5.82 Å². The number of carboxylic acid groups (broad SMARTS) is 1. The number of pyridine rings is 1. The van der Waals surface area contributed by atoms with Crippen LogP contribution in [0.2, 0.25) is 0 Å². The summed E-state index contributed by atoms with van der Waals surface area (Å²) in [7, 11) is 0. The molecule has 21 heavy (non-hydrogen) atoms. The largest absolute Gasteiger partial charge is 0.480 e. The first-order chi connectivity index (χ1) is 9.85. The fraction of sp³-hybridized carbons (Fsp3) is 0.462. The van der Waals surface area contributed by atoms with Crippen molar-refractivity contribution < 1.29 is 9.90 Å². The molecule has 2 unspecified atom stereocenters. The van der Waals surface area contributed by atoms with Crippen LogP contribution in [0.1, 0.15) is 32.3 Å². The van der Waals surface area contributed by atoms with Gasteiger partial charge in [0.25, 0.3) is 0 Å². The van der Waals surface area contributed by atoms with E-state index in [-0.39, 0.29) is 11.7 Å². The van der Waals surface area contributed by atoms with Crippen LogP contribution in [0.15, 0.2) is 24.4 Å². The predicted molar refractivity (Wildman–Crippen MR) is 78.8 cm³/mol. The number of aliphatic carboxylic acids is 1. The zero-order chi connectivity index (χ0) is 15.7. The van der Waals surface area contributed by atoms with Gasteiger partial charge in [-0.3, -0.25) is 9.78 Å². The lowest BCUT2D eigenvalue weighted by Gasteiger charge is -2.42. The van der Waals surface area contributed by atoms with Gasteiger partial charge in [-0.05, 0) is 25.0 Å². The van der Waals surface area contributed by atoms with E-state index in [1.807, 2.05) is 13.8 Å². The zero-order valence-corrected chi connectivity index (χ0v) is 13.5. The second-order valence-corrected chi connectivity index (χ2v) is 6.81. The summed E-state index contributed by atoms with van der Waals surface area (Å²) in [5.74, 6) is -1.00. The van der Waals surface area contributed by atoms with Crippen LogP contribution < -0.4 is 0 Å². The van der Waals surface area contributed by atoms with Crippen LogP contribution in [0.25, 0.3) is 0 Å². The van der Waals surface area contributed by atoms with Crippen molar-refractivity contribution in [1.82, 2.24) is 25.6 Å². The van der Waals surface area contributed by atoms with E-state index < -0.39 is 15.7 Å². The number of nitrogens with one attached hydrogen (secondary N) is 1. The molecule has 0 saturated carbocycles. The van der Waals surface area contributed by atoms with E-state index in [1.165, 1.54) is 0 Å². The van der Waals surface area contributed by atoms with Gasteiger partial charge in [0, 0.05) is 6.20 Å². The molecule has 7 nitrogen and oxygen atoms in total. The van der Waals surface area contributed by atoms with Crippen molar-refractivity contribution in [2.75, 3.05) is 0 Å². The first-order valence-electron chi connectivity index (χ1n) is 6.42. The average Bonchev–Trinajstić information content (AvgIpc) is 2.94. The number of carbonyl (C=O) groups is 1. The van der Waals surface area contributed by atoms with Crippen LogP contribution in [-0.4, -0.2) is 36.7 Å². The molecule has 0 bridgehead atoms. The minimum absolute atomic E-state index is 0.268. The molecule has 2 aromatic rings. The normalized spacial score (nSPS) is 17.2. The summed E-state index contributed by atoms with van der Waals surface area (Å²) in [5, 5.41) is 23.8. The lowest BCUT2D eigenvalue weighted by Crippen LogP contribution is -2.54. The Morgan fingerprint density at radius 1 is 1.43 bits per heavy atom. The first kappa shape index (κ1) is 15.6. The number of carboxylic acids is 1. The summed E-state index contributed by atoms with van der Waals surface area (Å²) in [5.41, 5.74) is -0.908. The lowest BCUT2D eigenvalue weighted by molar-refractivity contribution is -0.147. The molecule has 0 fully saturated rings. The van der Waals surface area contributed by atoms with E-state index in [0.29, 0.717) is 5.69 Å². The minimum atomic E-state index is -1.35. The summed E-state index contributed by atoms with van der Waals surface area (Å²) in [6.45, 7) is 5.39. The Morgan fingerprint density at radius 3 is 2.57 bits per heavy atom. The highest BCUT2D eigenvalue weighted by Crippen LogP contribution is 2.51. The third-order valence-corrected chi connectivity index (χ3v) is 4.76. The molecule has 2 heterocycles. The van der Waals surface area contributed by atoms with Crippen LogP contribution in [0.3, 0.4) is 0 Å². The number of rotatable bonds is 5. The molecule has 0 spiro atoms. The van der Waals surface area contributed by atoms with Gasteiger partial charge in [-0.15, -0.1) is 10.2 Å². The molecule has 0 radical (unpaired) electrons. The van der Waals surface area contributed by atoms with Gasteiger partial charge in [0.05, 0.1) is 5.69 Å². The van der Waals surface area contributed by atoms with E-state index >= 15 is 0 Å². The minimum Gasteiger partial charge on any atom is -0.480 e. The highest BCUT2D eigenvalue weighted by atomic mass is 79.9. The third-order valence-electron chi connectivity index (χ3n) is 3.78. The van der Waals surface area contributed by atoms with E-state index in [0.717, 1.165) is 0 Å². The Labute approximate surface area is 130 Å². The van der Waals surface area contributed by atoms with Gasteiger partial charge in [0.2, 0.25) is 0 Å². The van der Waals surface area contributed by atoms with Gasteiger partial charge in [0.1, 0.15) is 9.74 Å². The standard InChI is InChI=1S/C13H16BrN5O2/c1-8(2)13(11(20)21,9-6-4-5-7-15-9)12(3,14)10-16-18-19-17-10/h4-8H,1-3H3,(H,20,21)(H,16,17,18,19). The van der Waals surface area contributed by atoms with Crippen LogP contribution >= 0.6 is 15.9 Å². The monoisotopic (exact) mass is 353 g/mol. The number of hydrogen-bond donors (Lipinski definition) is 2. The second-order valence-electron chi connectivity index (χ2n) is 5.22. The van der Waals surface area contributed by atoms with Crippen LogP contribution in [0, 0.1) is 5.92 Å². The molecule has 8 heteroatoms. The number of H-pyrrole nitrogens is 1. The molecule has 0 aliphatic heterocycles. The number of tetrazole rings is 1. The molecule has 2 atom stereocenters. The Bertz CT molecular complexity index is 615. The smallest absolute Gasteiger partial charge is 0.317 e. The molecule has 0 aromatic carbocycles. The fourth-order valence-corrected chi connectivity index (χ4v) is 3.77. The van der Waals surface area contributed by atoms with Gasteiger partial charge in [-0.2, -0.15) is 5.21 Å². The Hall–Kier alpha value is -1.83. The molecule has 2 N–H and O–H groups in total. The van der Waals surface area contributed by atoms with Crippen LogP contribution in [0.4, 0.5) is 0 Å². The van der Waals surface area contributed by atoms with E-state index in [4.69, 9.17) is 0 Å². The highest BCUT2D eigenvalue weighted by Gasteiger charge is 2.60. The maximum absolute atomic E-state index is 12.2. The summed E-state index contributed by atoms with van der Waals surface area (Å²) in [6, 6.07) is 5.21. The Kier molecular flexibility index (Phi) is 4.08. The molecule has 0 saturated heterocycles. The number of aromatic nitrogens is 5. The van der Waals surface area contributed by atoms with Gasteiger partial charge >= 0.3 is 5.97 Å². The van der Waals surface area contributed by atoms with E-state index in [1.54, 1.807) is 31.3 Å². The molecular weight excluding hydrogens is 338 g/mol. The number of alkyl halides is 1. The van der Waals surface area contributed by atoms with Crippen molar-refractivity contribution in [3.8, 4) is 0 Å². The molecule has 112 valence electrons. The van der Waals surface area contributed by atoms with Gasteiger partial charge in [-0.25, -0.2) is 0 Å². The molecule has 0 aliphatic rings. The van der Waals surface area contributed by atoms with Crippen LogP contribution in [0.5, 0.6) is 0 Å². The van der Waals surface area contributed by atoms with Crippen molar-refractivity contribution in [1.29, 1.82) is 0 Å². The van der Waals surface area contributed by atoms with Crippen molar-refractivity contribution in [2.24, 2.45) is 5.92 Å². The number of halogens is 1. The number of hydrogen-bond acceptors (Lipinski definition) is 5. The molecule has 0 aliphatic carbocycles. The lowest BCUT2D eigenvalue weighted by atomic mass is 9.65. The maximum Gasteiger partial charge on any atom is 0.317 e. The Balaban J connectivity index is 2.75. The summed E-state index contributed by atoms with van der Waals surface area (Å²) in [4.78, 5) is 16.5. The third kappa shape index (κ3) is 2.23. The molecule has 2 aromatic heterocycles. The second kappa shape index (κ2) is 5.51. The quantitative estimate of drug-likeness (QED) is 0.795. The molecular formula is C13H16BrN5O2. The van der Waals surface area contributed by atoms with Crippen molar-refractivity contribution in [3.63, 3.8) is 0 Å². The van der Waals surface area contributed by atoms with Crippen molar-refractivity contribution >= 4 is 21.9 Å². The SMILES string of the molecule is CC(C)C(C(=O)O)(c1ccccn1)C(C)(Br)c1nn[nH]n1. The topological polar surface area (TPSA) is 105 Å². The first-order valence-corrected chi connectivity index (χ1v) is 7.22. The Morgan fingerprint density at radius 2 is 2.14 bits per heavy atom.